The SMILES string of the molecule is CCCCN(CC)CCC(O)c1ccc(F)c(C)c1. The van der Waals surface area contributed by atoms with Crippen molar-refractivity contribution in [3.8, 4) is 0 Å². The number of benzene rings is 1. The maximum Gasteiger partial charge on any atom is 0.126 e. The molecule has 0 fully saturated rings. The second-order valence-corrected chi connectivity index (χ2v) is 5.10. The van der Waals surface area contributed by atoms with Gasteiger partial charge < -0.3 is 10.0 Å². The number of aliphatic hydroxyl groups excluding tert-OH is 1. The molecule has 19 heavy (non-hydrogen) atoms. The number of halogens is 1. The molecular formula is C16H26FNO. The fourth-order valence-electron chi connectivity index (χ4n) is 2.16. The molecule has 0 amide bonds. The van der Waals surface area contributed by atoms with Crippen molar-refractivity contribution in [2.75, 3.05) is 19.6 Å². The van der Waals surface area contributed by atoms with Gasteiger partial charge in [-0.25, -0.2) is 4.39 Å². The zero-order valence-electron chi connectivity index (χ0n) is 12.3. The van der Waals surface area contributed by atoms with Crippen LogP contribution in [0.3, 0.4) is 0 Å². The lowest BCUT2D eigenvalue weighted by Crippen LogP contribution is -2.26. The summed E-state index contributed by atoms with van der Waals surface area (Å²) >= 11 is 0. The summed E-state index contributed by atoms with van der Waals surface area (Å²) in [6, 6.07) is 4.85. The summed E-state index contributed by atoms with van der Waals surface area (Å²) in [4.78, 5) is 2.35. The summed E-state index contributed by atoms with van der Waals surface area (Å²) in [5.74, 6) is -0.214. The fraction of sp³-hybridized carbons (Fsp3) is 0.625. The van der Waals surface area contributed by atoms with Crippen LogP contribution in [0.25, 0.3) is 0 Å². The second-order valence-electron chi connectivity index (χ2n) is 5.10. The van der Waals surface area contributed by atoms with Gasteiger partial charge in [0.05, 0.1) is 6.10 Å². The maximum absolute atomic E-state index is 13.2. The summed E-state index contributed by atoms with van der Waals surface area (Å²) in [6.45, 7) is 9.03. The van der Waals surface area contributed by atoms with Gasteiger partial charge in [0.2, 0.25) is 0 Å². The van der Waals surface area contributed by atoms with Crippen molar-refractivity contribution in [2.24, 2.45) is 0 Å². The first-order chi connectivity index (χ1) is 9.08. The molecule has 0 aromatic heterocycles. The van der Waals surface area contributed by atoms with Gasteiger partial charge in [-0.2, -0.15) is 0 Å². The molecular weight excluding hydrogens is 241 g/mol. The average molecular weight is 267 g/mol. The highest BCUT2D eigenvalue weighted by molar-refractivity contribution is 5.25. The van der Waals surface area contributed by atoms with Crippen molar-refractivity contribution < 1.29 is 9.50 Å². The fourth-order valence-corrected chi connectivity index (χ4v) is 2.16. The van der Waals surface area contributed by atoms with Gasteiger partial charge in [-0.1, -0.05) is 32.4 Å². The summed E-state index contributed by atoms with van der Waals surface area (Å²) in [5, 5.41) is 10.2. The molecule has 0 aliphatic carbocycles. The number of hydrogen-bond acceptors (Lipinski definition) is 2. The summed E-state index contributed by atoms with van der Waals surface area (Å²) in [5.41, 5.74) is 1.40. The molecule has 1 unspecified atom stereocenters. The van der Waals surface area contributed by atoms with Crippen LogP contribution >= 0.6 is 0 Å². The lowest BCUT2D eigenvalue weighted by molar-refractivity contribution is 0.143. The molecule has 0 aliphatic rings. The number of rotatable bonds is 8. The van der Waals surface area contributed by atoms with E-state index < -0.39 is 6.10 Å². The number of aryl methyl sites for hydroxylation is 1. The number of aliphatic hydroxyl groups is 1. The normalized spacial score (nSPS) is 12.9. The molecule has 0 saturated heterocycles. The molecule has 2 nitrogen and oxygen atoms in total. The molecule has 1 aromatic carbocycles. The Morgan fingerprint density at radius 3 is 2.58 bits per heavy atom. The predicted molar refractivity (Wildman–Crippen MR) is 77.7 cm³/mol. The largest absolute Gasteiger partial charge is 0.388 e. The molecule has 1 N–H and O–H groups in total. The third kappa shape index (κ3) is 5.29. The van der Waals surface area contributed by atoms with Crippen LogP contribution in [0.5, 0.6) is 0 Å². The average Bonchev–Trinajstić information content (AvgIpc) is 2.41. The second kappa shape index (κ2) is 8.28. The van der Waals surface area contributed by atoms with Gasteiger partial charge in [0.1, 0.15) is 5.82 Å². The van der Waals surface area contributed by atoms with Gasteiger partial charge in [0.25, 0.3) is 0 Å². The maximum atomic E-state index is 13.2. The Labute approximate surface area is 116 Å². The van der Waals surface area contributed by atoms with Crippen LogP contribution in [0.2, 0.25) is 0 Å². The van der Waals surface area contributed by atoms with Crippen LogP contribution in [0.4, 0.5) is 4.39 Å². The van der Waals surface area contributed by atoms with Crippen LogP contribution in [-0.4, -0.2) is 29.6 Å². The van der Waals surface area contributed by atoms with Crippen LogP contribution in [0.15, 0.2) is 18.2 Å². The minimum absolute atomic E-state index is 0.214. The highest BCUT2D eigenvalue weighted by Gasteiger charge is 2.11. The van der Waals surface area contributed by atoms with Crippen LogP contribution < -0.4 is 0 Å². The molecule has 0 radical (unpaired) electrons. The third-order valence-corrected chi connectivity index (χ3v) is 3.56. The minimum atomic E-state index is -0.505. The molecule has 3 heteroatoms. The highest BCUT2D eigenvalue weighted by Crippen LogP contribution is 2.19. The molecule has 108 valence electrons. The van der Waals surface area contributed by atoms with E-state index in [1.165, 1.54) is 18.9 Å². The first kappa shape index (κ1) is 16.1. The molecule has 1 aromatic rings. The van der Waals surface area contributed by atoms with Crippen LogP contribution in [0, 0.1) is 12.7 Å². The highest BCUT2D eigenvalue weighted by atomic mass is 19.1. The van der Waals surface area contributed by atoms with Crippen molar-refractivity contribution in [3.63, 3.8) is 0 Å². The van der Waals surface area contributed by atoms with E-state index in [1.54, 1.807) is 19.1 Å². The molecule has 1 rings (SSSR count). The van der Waals surface area contributed by atoms with E-state index in [0.717, 1.165) is 25.2 Å². The predicted octanol–water partition coefficient (Wildman–Crippen LogP) is 3.68. The first-order valence-corrected chi connectivity index (χ1v) is 7.25. The van der Waals surface area contributed by atoms with Crippen molar-refractivity contribution in [3.05, 3.63) is 35.1 Å². The Bertz CT molecular complexity index is 381. The minimum Gasteiger partial charge on any atom is -0.388 e. The van der Waals surface area contributed by atoms with Gasteiger partial charge in [0.15, 0.2) is 0 Å². The Morgan fingerprint density at radius 1 is 1.26 bits per heavy atom. The number of unbranched alkanes of at least 4 members (excludes halogenated alkanes) is 1. The quantitative estimate of drug-likeness (QED) is 0.776. The van der Waals surface area contributed by atoms with E-state index >= 15 is 0 Å². The van der Waals surface area contributed by atoms with Gasteiger partial charge in [-0.05, 0) is 50.0 Å². The van der Waals surface area contributed by atoms with Gasteiger partial charge in [-0.3, -0.25) is 0 Å². The van der Waals surface area contributed by atoms with Gasteiger partial charge in [0, 0.05) is 6.54 Å². The van der Waals surface area contributed by atoms with E-state index in [4.69, 9.17) is 0 Å². The van der Waals surface area contributed by atoms with Crippen LogP contribution in [0.1, 0.15) is 50.3 Å². The zero-order chi connectivity index (χ0) is 14.3. The van der Waals surface area contributed by atoms with E-state index in [-0.39, 0.29) is 5.82 Å². The van der Waals surface area contributed by atoms with Gasteiger partial charge >= 0.3 is 0 Å². The molecule has 0 bridgehead atoms. The topological polar surface area (TPSA) is 23.5 Å². The first-order valence-electron chi connectivity index (χ1n) is 7.25. The standard InChI is InChI=1S/C16H26FNO/c1-4-6-10-18(5-2)11-9-16(19)14-7-8-15(17)13(3)12-14/h7-8,12,16,19H,4-6,9-11H2,1-3H3. The lowest BCUT2D eigenvalue weighted by Gasteiger charge is -2.22. The summed E-state index contributed by atoms with van der Waals surface area (Å²) in [6.07, 6.45) is 2.58. The molecule has 0 spiro atoms. The lowest BCUT2D eigenvalue weighted by atomic mass is 10.0. The molecule has 0 aliphatic heterocycles. The van der Waals surface area contributed by atoms with E-state index in [2.05, 4.69) is 18.7 Å². The Morgan fingerprint density at radius 2 is 2.00 bits per heavy atom. The summed E-state index contributed by atoms with van der Waals surface area (Å²) < 4.78 is 13.2. The van der Waals surface area contributed by atoms with E-state index in [1.807, 2.05) is 0 Å². The van der Waals surface area contributed by atoms with Crippen molar-refractivity contribution >= 4 is 0 Å². The van der Waals surface area contributed by atoms with Gasteiger partial charge in [-0.15, -0.1) is 0 Å². The number of nitrogens with zero attached hydrogens (tertiary/aromatic N) is 1. The zero-order valence-corrected chi connectivity index (χ0v) is 12.3. The monoisotopic (exact) mass is 267 g/mol. The van der Waals surface area contributed by atoms with Crippen molar-refractivity contribution in [1.82, 2.24) is 4.90 Å². The Hall–Kier alpha value is -0.930. The smallest absolute Gasteiger partial charge is 0.126 e. The third-order valence-electron chi connectivity index (χ3n) is 3.56. The summed E-state index contributed by atoms with van der Waals surface area (Å²) in [7, 11) is 0. The molecule has 0 heterocycles. The van der Waals surface area contributed by atoms with Crippen molar-refractivity contribution in [2.45, 2.75) is 46.1 Å². The van der Waals surface area contributed by atoms with E-state index in [9.17, 15) is 9.50 Å². The Balaban J connectivity index is 2.49. The number of hydrogen-bond donors (Lipinski definition) is 1. The van der Waals surface area contributed by atoms with Crippen LogP contribution in [-0.2, 0) is 0 Å². The Kier molecular flexibility index (Phi) is 7.03. The van der Waals surface area contributed by atoms with Crippen molar-refractivity contribution in [1.29, 1.82) is 0 Å². The molecule has 0 saturated carbocycles. The molecule has 1 atom stereocenters. The van der Waals surface area contributed by atoms with E-state index in [0.29, 0.717) is 12.0 Å².